The Morgan fingerprint density at radius 2 is 2.11 bits per heavy atom. The zero-order chi connectivity index (χ0) is 13.5. The first-order valence-electron chi connectivity index (χ1n) is 5.64. The van der Waals surface area contributed by atoms with Gasteiger partial charge in [-0.1, -0.05) is 25.9 Å². The molecule has 0 radical (unpaired) electrons. The maximum Gasteiger partial charge on any atom is 0.232 e. The lowest BCUT2D eigenvalue weighted by Gasteiger charge is -2.10. The maximum absolute atomic E-state index is 6.16. The second-order valence-corrected chi connectivity index (χ2v) is 7.38. The van der Waals surface area contributed by atoms with E-state index in [1.807, 2.05) is 33.8 Å². The van der Waals surface area contributed by atoms with Gasteiger partial charge in [-0.05, 0) is 28.9 Å². The van der Waals surface area contributed by atoms with Crippen molar-refractivity contribution >= 4 is 27.3 Å². The van der Waals surface area contributed by atoms with Gasteiger partial charge in [0.15, 0.2) is 5.82 Å². The normalized spacial score (nSPS) is 13.9. The fraction of sp³-hybridized carbons (Fsp3) is 0.500. The van der Waals surface area contributed by atoms with E-state index < -0.39 is 0 Å². The molecule has 2 heterocycles. The zero-order valence-electron chi connectivity index (χ0n) is 10.8. The maximum atomic E-state index is 6.16. The number of nitrogens with zero attached hydrogens (tertiary/aromatic N) is 2. The van der Waals surface area contributed by atoms with Crippen molar-refractivity contribution in [1.29, 1.82) is 0 Å². The molecule has 0 aliphatic heterocycles. The first-order valence-corrected chi connectivity index (χ1v) is 7.25. The first kappa shape index (κ1) is 13.7. The van der Waals surface area contributed by atoms with E-state index in [0.717, 1.165) is 9.35 Å². The van der Waals surface area contributed by atoms with Crippen molar-refractivity contribution in [3.8, 4) is 0 Å². The summed E-state index contributed by atoms with van der Waals surface area (Å²) in [4.78, 5) is 6.61. The third-order valence-corrected chi connectivity index (χ3v) is 4.76. The summed E-state index contributed by atoms with van der Waals surface area (Å²) in [6.07, 6.45) is 0. The molecule has 0 bridgehead atoms. The van der Waals surface area contributed by atoms with Crippen LogP contribution >= 0.6 is 27.3 Å². The Hall–Kier alpha value is -0.720. The van der Waals surface area contributed by atoms with Gasteiger partial charge in [0.2, 0.25) is 5.89 Å². The van der Waals surface area contributed by atoms with Gasteiger partial charge in [0.05, 0.1) is 0 Å². The van der Waals surface area contributed by atoms with E-state index in [1.54, 1.807) is 11.3 Å². The molecule has 2 aromatic rings. The molecule has 0 fully saturated rings. The molecule has 0 saturated heterocycles. The lowest BCUT2D eigenvalue weighted by molar-refractivity contribution is 0.317. The van der Waals surface area contributed by atoms with Crippen LogP contribution < -0.4 is 5.73 Å². The Kier molecular flexibility index (Phi) is 3.62. The van der Waals surface area contributed by atoms with Gasteiger partial charge in [-0.15, -0.1) is 11.3 Å². The van der Waals surface area contributed by atoms with Gasteiger partial charge in [0.1, 0.15) is 6.04 Å². The van der Waals surface area contributed by atoms with Crippen molar-refractivity contribution in [1.82, 2.24) is 10.1 Å². The molecule has 0 saturated carbocycles. The summed E-state index contributed by atoms with van der Waals surface area (Å²) in [6, 6.07) is 1.68. The minimum atomic E-state index is -0.333. The molecule has 0 spiro atoms. The molecule has 0 aliphatic carbocycles. The van der Waals surface area contributed by atoms with Crippen LogP contribution in [0.15, 0.2) is 15.1 Å². The summed E-state index contributed by atoms with van der Waals surface area (Å²) in [5.41, 5.74) is 6.00. The molecular weight excluding hydrogens is 314 g/mol. The second-order valence-electron chi connectivity index (χ2n) is 5.24. The Morgan fingerprint density at radius 3 is 2.56 bits per heavy atom. The lowest BCUT2D eigenvalue weighted by atomic mass is 9.97. The number of halogens is 1. The topological polar surface area (TPSA) is 64.9 Å². The highest BCUT2D eigenvalue weighted by atomic mass is 79.9. The summed E-state index contributed by atoms with van der Waals surface area (Å²) in [7, 11) is 0. The average Bonchev–Trinajstić information content (AvgIpc) is 2.85. The third-order valence-electron chi connectivity index (χ3n) is 2.54. The number of aryl methyl sites for hydroxylation is 1. The fourth-order valence-corrected chi connectivity index (χ4v) is 2.99. The fourth-order valence-electron chi connectivity index (χ4n) is 1.43. The van der Waals surface area contributed by atoms with Crippen molar-refractivity contribution in [2.45, 2.75) is 39.2 Å². The zero-order valence-corrected chi connectivity index (χ0v) is 13.2. The van der Waals surface area contributed by atoms with Crippen LogP contribution in [0.5, 0.6) is 0 Å². The van der Waals surface area contributed by atoms with Crippen LogP contribution in [0.25, 0.3) is 0 Å². The molecular formula is C12H16BrN3OS. The van der Waals surface area contributed by atoms with Gasteiger partial charge in [-0.2, -0.15) is 4.98 Å². The molecule has 2 aromatic heterocycles. The molecule has 0 amide bonds. The van der Waals surface area contributed by atoms with Gasteiger partial charge in [0.25, 0.3) is 0 Å². The van der Waals surface area contributed by atoms with Gasteiger partial charge in [-0.3, -0.25) is 0 Å². The molecule has 98 valence electrons. The molecule has 1 unspecified atom stereocenters. The molecule has 0 aliphatic rings. The number of hydrogen-bond acceptors (Lipinski definition) is 5. The van der Waals surface area contributed by atoms with Gasteiger partial charge >= 0.3 is 0 Å². The van der Waals surface area contributed by atoms with Crippen LogP contribution in [0, 0.1) is 6.92 Å². The van der Waals surface area contributed by atoms with Crippen LogP contribution in [-0.4, -0.2) is 10.1 Å². The number of thiophene rings is 1. The number of rotatable bonds is 2. The quantitative estimate of drug-likeness (QED) is 0.914. The summed E-state index contributed by atoms with van der Waals surface area (Å²) in [5.74, 6) is 1.15. The Bertz CT molecular complexity index is 536. The number of aromatic nitrogens is 2. The van der Waals surface area contributed by atoms with Crippen LogP contribution in [0.2, 0.25) is 0 Å². The van der Waals surface area contributed by atoms with E-state index in [1.165, 1.54) is 4.88 Å². The predicted octanol–water partition coefficient (Wildman–Crippen LogP) is 3.55. The van der Waals surface area contributed by atoms with E-state index in [-0.39, 0.29) is 11.5 Å². The van der Waals surface area contributed by atoms with Crippen LogP contribution in [-0.2, 0) is 5.41 Å². The summed E-state index contributed by atoms with van der Waals surface area (Å²) < 4.78 is 6.33. The minimum Gasteiger partial charge on any atom is -0.339 e. The van der Waals surface area contributed by atoms with E-state index in [9.17, 15) is 0 Å². The van der Waals surface area contributed by atoms with Crippen molar-refractivity contribution in [3.05, 3.63) is 32.0 Å². The highest BCUT2D eigenvalue weighted by molar-refractivity contribution is 9.10. The highest BCUT2D eigenvalue weighted by Crippen LogP contribution is 2.32. The standard InChI is InChI=1S/C12H16BrN3OS/c1-6-7(13)5-8(18-6)9(14)10-15-11(17-16-10)12(2,3)4/h5,9H,14H2,1-4H3. The molecule has 0 aromatic carbocycles. The van der Waals surface area contributed by atoms with Crippen molar-refractivity contribution in [2.24, 2.45) is 5.73 Å². The van der Waals surface area contributed by atoms with Crippen molar-refractivity contribution < 1.29 is 4.52 Å². The summed E-state index contributed by atoms with van der Waals surface area (Å²) >= 11 is 5.12. The number of nitrogens with two attached hydrogens (primary N) is 1. The van der Waals surface area contributed by atoms with Crippen LogP contribution in [0.3, 0.4) is 0 Å². The van der Waals surface area contributed by atoms with Crippen LogP contribution in [0.4, 0.5) is 0 Å². The first-order chi connectivity index (χ1) is 8.29. The molecule has 18 heavy (non-hydrogen) atoms. The van der Waals surface area contributed by atoms with Gasteiger partial charge < -0.3 is 10.3 Å². The van der Waals surface area contributed by atoms with Crippen molar-refractivity contribution in [2.75, 3.05) is 0 Å². The second kappa shape index (κ2) is 4.75. The van der Waals surface area contributed by atoms with E-state index in [2.05, 4.69) is 26.1 Å². The lowest BCUT2D eigenvalue weighted by Crippen LogP contribution is -2.14. The van der Waals surface area contributed by atoms with E-state index in [4.69, 9.17) is 10.3 Å². The molecule has 4 nitrogen and oxygen atoms in total. The molecule has 1 atom stereocenters. The Balaban J connectivity index is 2.29. The molecule has 6 heteroatoms. The monoisotopic (exact) mass is 329 g/mol. The Morgan fingerprint density at radius 1 is 1.44 bits per heavy atom. The van der Waals surface area contributed by atoms with Crippen LogP contribution in [0.1, 0.15) is 48.3 Å². The van der Waals surface area contributed by atoms with Gasteiger partial charge in [0, 0.05) is 19.6 Å². The molecule has 2 N–H and O–H groups in total. The van der Waals surface area contributed by atoms with Crippen molar-refractivity contribution in [3.63, 3.8) is 0 Å². The Labute approximate surface area is 119 Å². The number of hydrogen-bond donors (Lipinski definition) is 1. The largest absolute Gasteiger partial charge is 0.339 e. The SMILES string of the molecule is Cc1sc(C(N)c2noc(C(C)(C)C)n2)cc1Br. The average molecular weight is 330 g/mol. The summed E-state index contributed by atoms with van der Waals surface area (Å²) in [6.45, 7) is 8.13. The third kappa shape index (κ3) is 2.65. The van der Waals surface area contributed by atoms with E-state index >= 15 is 0 Å². The molecule has 2 rings (SSSR count). The highest BCUT2D eigenvalue weighted by Gasteiger charge is 2.25. The predicted molar refractivity (Wildman–Crippen MR) is 75.8 cm³/mol. The van der Waals surface area contributed by atoms with E-state index in [0.29, 0.717) is 11.7 Å². The van der Waals surface area contributed by atoms with Gasteiger partial charge in [-0.25, -0.2) is 0 Å². The smallest absolute Gasteiger partial charge is 0.232 e. The minimum absolute atomic E-state index is 0.156. The summed E-state index contributed by atoms with van der Waals surface area (Å²) in [5, 5.41) is 3.98.